The van der Waals surface area contributed by atoms with E-state index < -0.39 is 12.1 Å². The third-order valence-corrected chi connectivity index (χ3v) is 1.61. The summed E-state index contributed by atoms with van der Waals surface area (Å²) in [7, 11) is 0. The van der Waals surface area contributed by atoms with E-state index in [-0.39, 0.29) is 0 Å². The van der Waals surface area contributed by atoms with Crippen LogP contribution < -0.4 is 22.1 Å². The first-order chi connectivity index (χ1) is 6.97. The topological polar surface area (TPSA) is 110 Å². The number of nitrogens with two attached hydrogens (primary N) is 2. The Bertz CT molecular complexity index is 369. The van der Waals surface area contributed by atoms with Crippen molar-refractivity contribution >= 4 is 23.4 Å². The number of carbonyl (C=O) groups is 2. The summed E-state index contributed by atoms with van der Waals surface area (Å²) in [5, 5.41) is 4.81. The van der Waals surface area contributed by atoms with Gasteiger partial charge in [-0.25, -0.2) is 9.59 Å². The zero-order valence-corrected chi connectivity index (χ0v) is 8.20. The molecule has 0 spiro atoms. The average Bonchev–Trinajstić information content (AvgIpc) is 1.98. The summed E-state index contributed by atoms with van der Waals surface area (Å²) in [5.74, 6) is 0. The third kappa shape index (κ3) is 3.55. The van der Waals surface area contributed by atoms with Gasteiger partial charge in [0.25, 0.3) is 0 Å². The van der Waals surface area contributed by atoms with Crippen molar-refractivity contribution in [3.63, 3.8) is 0 Å². The maximum Gasteiger partial charge on any atom is 0.316 e. The van der Waals surface area contributed by atoms with Gasteiger partial charge >= 0.3 is 12.1 Å². The van der Waals surface area contributed by atoms with Gasteiger partial charge in [0, 0.05) is 11.4 Å². The van der Waals surface area contributed by atoms with E-state index in [1.807, 2.05) is 6.92 Å². The van der Waals surface area contributed by atoms with Crippen molar-refractivity contribution in [3.05, 3.63) is 23.8 Å². The van der Waals surface area contributed by atoms with Crippen molar-refractivity contribution in [2.24, 2.45) is 11.5 Å². The number of carbonyl (C=O) groups excluding carboxylic acids is 2. The van der Waals surface area contributed by atoms with Crippen LogP contribution in [0.1, 0.15) is 5.56 Å². The highest BCUT2D eigenvalue weighted by Gasteiger charge is 2.01. The van der Waals surface area contributed by atoms with Crippen LogP contribution in [0.2, 0.25) is 0 Å². The summed E-state index contributed by atoms with van der Waals surface area (Å²) >= 11 is 0. The predicted molar refractivity (Wildman–Crippen MR) is 57.6 cm³/mol. The molecule has 80 valence electrons. The number of hydrogen-bond acceptors (Lipinski definition) is 2. The fraction of sp³-hybridized carbons (Fsp3) is 0.111. The quantitative estimate of drug-likeness (QED) is 0.580. The predicted octanol–water partition coefficient (Wildman–Crippen LogP) is 0.976. The summed E-state index contributed by atoms with van der Waals surface area (Å²) in [4.78, 5) is 21.2. The van der Waals surface area contributed by atoms with E-state index in [0.29, 0.717) is 11.4 Å². The number of nitrogens with one attached hydrogen (secondary N) is 2. The summed E-state index contributed by atoms with van der Waals surface area (Å²) in [6, 6.07) is 3.67. The highest BCUT2D eigenvalue weighted by molar-refractivity contribution is 5.91. The minimum Gasteiger partial charge on any atom is -0.351 e. The molecule has 1 aromatic rings. The molecule has 1 rings (SSSR count). The molecule has 15 heavy (non-hydrogen) atoms. The Morgan fingerprint density at radius 2 is 1.40 bits per heavy atom. The van der Waals surface area contributed by atoms with Crippen LogP contribution in [0, 0.1) is 6.92 Å². The van der Waals surface area contributed by atoms with Gasteiger partial charge in [-0.2, -0.15) is 0 Å². The monoisotopic (exact) mass is 208 g/mol. The Morgan fingerprint density at radius 3 is 1.73 bits per heavy atom. The van der Waals surface area contributed by atoms with Gasteiger partial charge in [-0.1, -0.05) is 0 Å². The molecule has 0 aliphatic heterocycles. The van der Waals surface area contributed by atoms with Crippen molar-refractivity contribution < 1.29 is 9.59 Å². The Hall–Kier alpha value is -2.24. The van der Waals surface area contributed by atoms with E-state index in [1.165, 1.54) is 0 Å². The van der Waals surface area contributed by atoms with Crippen LogP contribution in [-0.2, 0) is 0 Å². The number of benzene rings is 1. The van der Waals surface area contributed by atoms with Gasteiger partial charge in [0.2, 0.25) is 0 Å². The first kappa shape index (κ1) is 10.8. The Balaban J connectivity index is 2.94. The van der Waals surface area contributed by atoms with E-state index in [2.05, 4.69) is 10.6 Å². The van der Waals surface area contributed by atoms with Crippen molar-refractivity contribution in [2.45, 2.75) is 6.92 Å². The fourth-order valence-electron chi connectivity index (χ4n) is 1.21. The zero-order chi connectivity index (χ0) is 11.4. The van der Waals surface area contributed by atoms with Gasteiger partial charge in [0.15, 0.2) is 0 Å². The number of urea groups is 2. The van der Waals surface area contributed by atoms with Crippen LogP contribution in [0.15, 0.2) is 18.2 Å². The van der Waals surface area contributed by atoms with Crippen LogP contribution in [0.4, 0.5) is 21.0 Å². The van der Waals surface area contributed by atoms with Crippen molar-refractivity contribution in [2.75, 3.05) is 10.6 Å². The minimum absolute atomic E-state index is 0.506. The summed E-state index contributed by atoms with van der Waals surface area (Å²) in [5.41, 5.74) is 11.8. The second-order valence-corrected chi connectivity index (χ2v) is 3.07. The molecule has 0 saturated heterocycles. The molecule has 0 unspecified atom stereocenters. The van der Waals surface area contributed by atoms with Crippen molar-refractivity contribution in [3.8, 4) is 0 Å². The molecule has 0 aliphatic rings. The average molecular weight is 208 g/mol. The van der Waals surface area contributed by atoms with Gasteiger partial charge in [-0.3, -0.25) is 0 Å². The van der Waals surface area contributed by atoms with E-state index in [9.17, 15) is 9.59 Å². The lowest BCUT2D eigenvalue weighted by Crippen LogP contribution is -2.21. The van der Waals surface area contributed by atoms with Crippen LogP contribution in [0.5, 0.6) is 0 Å². The van der Waals surface area contributed by atoms with Gasteiger partial charge in [0.1, 0.15) is 0 Å². The number of hydrogen-bond donors (Lipinski definition) is 4. The standard InChI is InChI=1S/C9H12N4O2/c1-5-2-6(12-8(10)14)4-7(3-5)13-9(11)15/h2-4H,1H3,(H3,10,12,14)(H3,11,13,15). The molecule has 6 nitrogen and oxygen atoms in total. The van der Waals surface area contributed by atoms with E-state index in [4.69, 9.17) is 11.5 Å². The number of amides is 4. The third-order valence-electron chi connectivity index (χ3n) is 1.61. The highest BCUT2D eigenvalue weighted by Crippen LogP contribution is 2.18. The lowest BCUT2D eigenvalue weighted by Gasteiger charge is -2.07. The molecule has 1 aromatic carbocycles. The van der Waals surface area contributed by atoms with Crippen LogP contribution in [0.25, 0.3) is 0 Å². The Kier molecular flexibility index (Phi) is 3.12. The van der Waals surface area contributed by atoms with Gasteiger partial charge < -0.3 is 22.1 Å². The van der Waals surface area contributed by atoms with Crippen molar-refractivity contribution in [1.82, 2.24) is 0 Å². The van der Waals surface area contributed by atoms with E-state index >= 15 is 0 Å². The van der Waals surface area contributed by atoms with E-state index in [1.54, 1.807) is 18.2 Å². The molecule has 0 aliphatic carbocycles. The molecule has 0 heterocycles. The SMILES string of the molecule is Cc1cc(NC(N)=O)cc(NC(N)=O)c1. The highest BCUT2D eigenvalue weighted by atomic mass is 16.2. The second-order valence-electron chi connectivity index (χ2n) is 3.07. The largest absolute Gasteiger partial charge is 0.351 e. The maximum absolute atomic E-state index is 10.6. The number of aryl methyl sites for hydroxylation is 1. The molecular weight excluding hydrogens is 196 g/mol. The summed E-state index contributed by atoms with van der Waals surface area (Å²) in [6.07, 6.45) is 0. The second kappa shape index (κ2) is 4.32. The van der Waals surface area contributed by atoms with Gasteiger partial charge in [-0.05, 0) is 30.7 Å². The molecule has 0 aromatic heterocycles. The fourth-order valence-corrected chi connectivity index (χ4v) is 1.21. The number of rotatable bonds is 2. The molecule has 0 bridgehead atoms. The van der Waals surface area contributed by atoms with Crippen LogP contribution in [0.3, 0.4) is 0 Å². The molecule has 0 fully saturated rings. The van der Waals surface area contributed by atoms with Gasteiger partial charge in [-0.15, -0.1) is 0 Å². The van der Waals surface area contributed by atoms with Gasteiger partial charge in [0.05, 0.1) is 0 Å². The van der Waals surface area contributed by atoms with E-state index in [0.717, 1.165) is 5.56 Å². The normalized spacial score (nSPS) is 9.40. The first-order valence-electron chi connectivity index (χ1n) is 4.22. The first-order valence-corrected chi connectivity index (χ1v) is 4.22. The Morgan fingerprint density at radius 1 is 1.00 bits per heavy atom. The molecule has 0 radical (unpaired) electrons. The number of anilines is 2. The zero-order valence-electron chi connectivity index (χ0n) is 8.20. The minimum atomic E-state index is -0.661. The molecule has 6 heteroatoms. The maximum atomic E-state index is 10.6. The number of primary amides is 2. The summed E-state index contributed by atoms with van der Waals surface area (Å²) < 4.78 is 0. The summed E-state index contributed by atoms with van der Waals surface area (Å²) in [6.45, 7) is 1.82. The van der Waals surface area contributed by atoms with Crippen LogP contribution in [-0.4, -0.2) is 12.1 Å². The molecule has 0 saturated carbocycles. The van der Waals surface area contributed by atoms with Crippen LogP contribution >= 0.6 is 0 Å². The molecular formula is C9H12N4O2. The lowest BCUT2D eigenvalue weighted by molar-refractivity contribution is 0.258. The molecule has 0 atom stereocenters. The Labute approximate surface area is 86.6 Å². The molecule has 4 amide bonds. The smallest absolute Gasteiger partial charge is 0.316 e. The van der Waals surface area contributed by atoms with Crippen molar-refractivity contribution in [1.29, 1.82) is 0 Å². The molecule has 6 N–H and O–H groups in total. The lowest BCUT2D eigenvalue weighted by atomic mass is 10.2.